The molecule has 232 valence electrons. The highest BCUT2D eigenvalue weighted by atomic mass is 16.5. The van der Waals surface area contributed by atoms with Gasteiger partial charge in [-0.15, -0.1) is 0 Å². The molecule has 2 amide bonds. The maximum absolute atomic E-state index is 13.4. The van der Waals surface area contributed by atoms with E-state index in [1.165, 1.54) is 0 Å². The van der Waals surface area contributed by atoms with E-state index in [0.29, 0.717) is 44.4 Å². The molecule has 2 aromatic rings. The van der Waals surface area contributed by atoms with Crippen LogP contribution in [0.1, 0.15) is 75.8 Å². The molecule has 1 saturated carbocycles. The number of benzene rings is 2. The van der Waals surface area contributed by atoms with Crippen molar-refractivity contribution in [2.45, 2.75) is 90.1 Å². The lowest BCUT2D eigenvalue weighted by Crippen LogP contribution is -2.50. The van der Waals surface area contributed by atoms with Gasteiger partial charge >= 0.3 is 5.97 Å². The van der Waals surface area contributed by atoms with Crippen molar-refractivity contribution in [3.63, 3.8) is 0 Å². The molecular weight excluding hydrogens is 544 g/mol. The number of carboxylic acids is 1. The SMILES string of the molecule is CCCC/C=C(/Nc1ccccc1C)Nc1ccc(CC(=O)N2CCCC2C(=O)NC2CCC(C(=O)O)CC2)cc1OC. The minimum absolute atomic E-state index is 0.0360. The normalized spacial score (nSPS) is 20.4. The van der Waals surface area contributed by atoms with E-state index in [2.05, 4.69) is 41.9 Å². The van der Waals surface area contributed by atoms with Crippen molar-refractivity contribution in [2.24, 2.45) is 5.92 Å². The number of hydrogen-bond acceptors (Lipinski definition) is 6. The Morgan fingerprint density at radius 2 is 1.77 bits per heavy atom. The second-order valence-electron chi connectivity index (χ2n) is 11.7. The molecule has 4 rings (SSSR count). The Bertz CT molecular complexity index is 1300. The third-order valence-corrected chi connectivity index (χ3v) is 8.51. The third-order valence-electron chi connectivity index (χ3n) is 8.51. The fourth-order valence-electron chi connectivity index (χ4n) is 5.93. The summed E-state index contributed by atoms with van der Waals surface area (Å²) in [6, 6.07) is 13.3. The number of allylic oxidation sites excluding steroid dienone is 1. The Balaban J connectivity index is 1.39. The Labute approximate surface area is 255 Å². The van der Waals surface area contributed by atoms with Crippen molar-refractivity contribution in [2.75, 3.05) is 24.3 Å². The Kier molecular flexibility index (Phi) is 11.5. The predicted octanol–water partition coefficient (Wildman–Crippen LogP) is 5.85. The number of likely N-dealkylation sites (tertiary alicyclic amines) is 1. The summed E-state index contributed by atoms with van der Waals surface area (Å²) in [6.07, 6.45) is 9.30. The van der Waals surface area contributed by atoms with E-state index in [9.17, 15) is 19.5 Å². The van der Waals surface area contributed by atoms with Crippen LogP contribution in [0.15, 0.2) is 54.4 Å². The summed E-state index contributed by atoms with van der Waals surface area (Å²) in [5.41, 5.74) is 3.77. The maximum atomic E-state index is 13.4. The van der Waals surface area contributed by atoms with Crippen molar-refractivity contribution in [3.8, 4) is 5.75 Å². The molecule has 2 fully saturated rings. The van der Waals surface area contributed by atoms with Crippen molar-refractivity contribution >= 4 is 29.2 Å². The molecule has 2 aliphatic rings. The average Bonchev–Trinajstić information content (AvgIpc) is 3.50. The number of anilines is 2. The first-order valence-corrected chi connectivity index (χ1v) is 15.6. The van der Waals surface area contributed by atoms with Crippen molar-refractivity contribution in [3.05, 3.63) is 65.5 Å². The van der Waals surface area contributed by atoms with Crippen LogP contribution >= 0.6 is 0 Å². The molecule has 9 nitrogen and oxygen atoms in total. The third kappa shape index (κ3) is 8.75. The summed E-state index contributed by atoms with van der Waals surface area (Å²) in [6.45, 7) is 4.79. The van der Waals surface area contributed by atoms with Gasteiger partial charge in [0.2, 0.25) is 11.8 Å². The number of hydrogen-bond donors (Lipinski definition) is 4. The summed E-state index contributed by atoms with van der Waals surface area (Å²) in [7, 11) is 1.62. The predicted molar refractivity (Wildman–Crippen MR) is 169 cm³/mol. The smallest absolute Gasteiger partial charge is 0.306 e. The molecule has 2 aromatic carbocycles. The number of amides is 2. The first-order chi connectivity index (χ1) is 20.8. The number of aryl methyl sites for hydroxylation is 1. The second kappa shape index (κ2) is 15.5. The number of para-hydroxylation sites is 1. The van der Waals surface area contributed by atoms with E-state index >= 15 is 0 Å². The molecular formula is C34H46N4O5. The van der Waals surface area contributed by atoms with E-state index in [1.807, 2.05) is 36.4 Å². The number of ether oxygens (including phenoxy) is 1. The number of aliphatic carboxylic acids is 1. The maximum Gasteiger partial charge on any atom is 0.306 e. The second-order valence-corrected chi connectivity index (χ2v) is 11.7. The van der Waals surface area contributed by atoms with Crippen LogP contribution in [-0.2, 0) is 20.8 Å². The van der Waals surface area contributed by atoms with Gasteiger partial charge in [-0.3, -0.25) is 14.4 Å². The van der Waals surface area contributed by atoms with Gasteiger partial charge in [-0.05, 0) is 93.7 Å². The van der Waals surface area contributed by atoms with Crippen molar-refractivity contribution in [1.82, 2.24) is 10.2 Å². The molecule has 4 N–H and O–H groups in total. The first kappa shape index (κ1) is 31.9. The van der Waals surface area contributed by atoms with Crippen LogP contribution in [0.3, 0.4) is 0 Å². The molecule has 1 unspecified atom stereocenters. The van der Waals surface area contributed by atoms with Gasteiger partial charge in [-0.2, -0.15) is 0 Å². The quantitative estimate of drug-likeness (QED) is 0.216. The van der Waals surface area contributed by atoms with Crippen molar-refractivity contribution in [1.29, 1.82) is 0 Å². The van der Waals surface area contributed by atoms with E-state index in [0.717, 1.165) is 54.0 Å². The molecule has 0 spiro atoms. The number of rotatable bonds is 13. The minimum Gasteiger partial charge on any atom is -0.495 e. The molecule has 1 saturated heterocycles. The standard InChI is InChI=1S/C34H46N4O5/c1-4-5-6-13-31(36-27-11-8-7-10-23(27)2)37-28-19-14-24(21-30(28)43-3)22-32(39)38-20-9-12-29(38)33(40)35-26-17-15-25(16-18-26)34(41)42/h7-8,10-11,13-14,19,21,25-26,29,36-37H,4-6,9,12,15-18,20,22H2,1-3H3,(H,35,40)(H,41,42)/b31-13-. The van der Waals surface area contributed by atoms with Gasteiger partial charge in [0.25, 0.3) is 0 Å². The van der Waals surface area contributed by atoms with Gasteiger partial charge in [0.15, 0.2) is 0 Å². The summed E-state index contributed by atoms with van der Waals surface area (Å²) in [5.74, 6) is 0.185. The summed E-state index contributed by atoms with van der Waals surface area (Å²) in [4.78, 5) is 39.5. The Morgan fingerprint density at radius 3 is 2.47 bits per heavy atom. The summed E-state index contributed by atoms with van der Waals surface area (Å²) < 4.78 is 5.72. The monoisotopic (exact) mass is 590 g/mol. The number of carbonyl (C=O) groups excluding carboxylic acids is 2. The van der Waals surface area contributed by atoms with Crippen LogP contribution in [0.2, 0.25) is 0 Å². The molecule has 0 bridgehead atoms. The van der Waals surface area contributed by atoms with Gasteiger partial charge in [0.1, 0.15) is 17.6 Å². The highest BCUT2D eigenvalue weighted by Crippen LogP contribution is 2.30. The highest BCUT2D eigenvalue weighted by Gasteiger charge is 2.36. The lowest BCUT2D eigenvalue weighted by molar-refractivity contribution is -0.143. The van der Waals surface area contributed by atoms with E-state index in [1.54, 1.807) is 12.0 Å². The van der Waals surface area contributed by atoms with Crippen LogP contribution in [0.4, 0.5) is 11.4 Å². The molecule has 0 aromatic heterocycles. The molecule has 1 atom stereocenters. The minimum atomic E-state index is -0.763. The Morgan fingerprint density at radius 1 is 1.02 bits per heavy atom. The fraction of sp³-hybridized carbons (Fsp3) is 0.500. The van der Waals surface area contributed by atoms with Gasteiger partial charge in [0, 0.05) is 18.3 Å². The van der Waals surface area contributed by atoms with Gasteiger partial charge in [0.05, 0.1) is 25.1 Å². The van der Waals surface area contributed by atoms with Crippen LogP contribution in [-0.4, -0.2) is 53.5 Å². The summed E-state index contributed by atoms with van der Waals surface area (Å²) in [5, 5.41) is 19.3. The zero-order valence-electron chi connectivity index (χ0n) is 25.7. The number of nitrogens with one attached hydrogen (secondary N) is 3. The summed E-state index contributed by atoms with van der Waals surface area (Å²) >= 11 is 0. The molecule has 1 aliphatic heterocycles. The van der Waals surface area contributed by atoms with Crippen LogP contribution in [0.5, 0.6) is 5.75 Å². The lowest BCUT2D eigenvalue weighted by atomic mass is 9.86. The number of carbonyl (C=O) groups is 3. The zero-order chi connectivity index (χ0) is 30.8. The fourth-order valence-corrected chi connectivity index (χ4v) is 5.93. The van der Waals surface area contributed by atoms with E-state index in [4.69, 9.17) is 4.74 Å². The topological polar surface area (TPSA) is 120 Å². The Hall–Kier alpha value is -4.01. The molecule has 0 radical (unpaired) electrons. The number of nitrogens with zero attached hydrogens (tertiary/aromatic N) is 1. The molecule has 1 heterocycles. The molecule has 1 aliphatic carbocycles. The zero-order valence-corrected chi connectivity index (χ0v) is 25.7. The lowest BCUT2D eigenvalue weighted by Gasteiger charge is -2.30. The molecule has 43 heavy (non-hydrogen) atoms. The van der Waals surface area contributed by atoms with Crippen LogP contribution in [0, 0.1) is 12.8 Å². The average molecular weight is 591 g/mol. The van der Waals surface area contributed by atoms with Crippen molar-refractivity contribution < 1.29 is 24.2 Å². The van der Waals surface area contributed by atoms with Crippen LogP contribution in [0.25, 0.3) is 0 Å². The van der Waals surface area contributed by atoms with Gasteiger partial charge in [-0.1, -0.05) is 37.6 Å². The van der Waals surface area contributed by atoms with Gasteiger partial charge in [-0.25, -0.2) is 0 Å². The number of methoxy groups -OCH3 is 1. The first-order valence-electron chi connectivity index (χ1n) is 15.6. The van der Waals surface area contributed by atoms with E-state index < -0.39 is 12.0 Å². The molecule has 9 heteroatoms. The van der Waals surface area contributed by atoms with Gasteiger partial charge < -0.3 is 30.7 Å². The van der Waals surface area contributed by atoms with Crippen LogP contribution < -0.4 is 20.7 Å². The highest BCUT2D eigenvalue weighted by molar-refractivity contribution is 5.89. The number of carboxylic acid groups (broad SMARTS) is 1. The van der Waals surface area contributed by atoms with E-state index in [-0.39, 0.29) is 30.2 Å². The largest absolute Gasteiger partial charge is 0.495 e. The number of unbranched alkanes of at least 4 members (excludes halogenated alkanes) is 2.